The summed E-state index contributed by atoms with van der Waals surface area (Å²) >= 11 is 0. The highest BCUT2D eigenvalue weighted by Gasteiger charge is 2.17. The van der Waals surface area contributed by atoms with E-state index in [4.69, 9.17) is 19.4 Å². The highest BCUT2D eigenvalue weighted by Crippen LogP contribution is 2.37. The predicted octanol–water partition coefficient (Wildman–Crippen LogP) is 12.6. The third kappa shape index (κ3) is 5.43. The Labute approximate surface area is 322 Å². The molecule has 0 N–H and O–H groups in total. The number of fused-ring (bicyclic) bond motifs is 6. The summed E-state index contributed by atoms with van der Waals surface area (Å²) in [5.74, 6) is 1.79. The van der Waals surface area contributed by atoms with Gasteiger partial charge in [-0.25, -0.2) is 15.0 Å². The minimum Gasteiger partial charge on any atom is -0.454 e. The van der Waals surface area contributed by atoms with Crippen LogP contribution in [-0.4, -0.2) is 24.5 Å². The van der Waals surface area contributed by atoms with Gasteiger partial charge in [0, 0.05) is 44.7 Å². The number of furan rings is 1. The first kappa shape index (κ1) is 31.8. The first-order chi connectivity index (χ1) is 27.7. The summed E-state index contributed by atoms with van der Waals surface area (Å²) in [4.78, 5) is 19.6. The Balaban J connectivity index is 0.988. The Morgan fingerprint density at radius 1 is 0.357 bits per heavy atom. The van der Waals surface area contributed by atoms with Crippen LogP contribution >= 0.6 is 0 Å². The summed E-state index contributed by atoms with van der Waals surface area (Å²) in [6, 6.07) is 63.1. The van der Waals surface area contributed by atoms with E-state index in [9.17, 15) is 0 Å². The molecule has 6 heteroatoms. The SMILES string of the molecule is c1ccc(-c2ccc(-c3ccc4c(c3)c3ccccc3n4-c3ccc(-c4nc(-c5ccccc5)nc(-c5ccc6oc7cccnc7c6c5)n4)cc3)cc2)cc1. The van der Waals surface area contributed by atoms with Crippen molar-refractivity contribution in [2.45, 2.75) is 0 Å². The average Bonchev–Trinajstić information content (AvgIpc) is 3.82. The van der Waals surface area contributed by atoms with E-state index in [1.54, 1.807) is 6.20 Å². The van der Waals surface area contributed by atoms with Gasteiger partial charge >= 0.3 is 0 Å². The summed E-state index contributed by atoms with van der Waals surface area (Å²) in [6.45, 7) is 0. The zero-order valence-corrected chi connectivity index (χ0v) is 30.0. The predicted molar refractivity (Wildman–Crippen MR) is 226 cm³/mol. The molecule has 0 saturated carbocycles. The average molecular weight is 718 g/mol. The largest absolute Gasteiger partial charge is 0.454 e. The second-order valence-corrected chi connectivity index (χ2v) is 13.9. The number of para-hydroxylation sites is 1. The number of nitrogens with zero attached hydrogens (tertiary/aromatic N) is 5. The second kappa shape index (κ2) is 13.0. The molecule has 0 fully saturated rings. The first-order valence-electron chi connectivity index (χ1n) is 18.6. The fraction of sp³-hybridized carbons (Fsp3) is 0. The van der Waals surface area contributed by atoms with Crippen LogP contribution in [0.1, 0.15) is 0 Å². The molecular weight excluding hydrogens is 687 g/mol. The van der Waals surface area contributed by atoms with Crippen molar-refractivity contribution in [1.82, 2.24) is 24.5 Å². The summed E-state index contributed by atoms with van der Waals surface area (Å²) in [5, 5.41) is 3.34. The van der Waals surface area contributed by atoms with Gasteiger partial charge in [0.15, 0.2) is 23.1 Å². The van der Waals surface area contributed by atoms with Crippen molar-refractivity contribution in [1.29, 1.82) is 0 Å². The van der Waals surface area contributed by atoms with Gasteiger partial charge in [0.05, 0.1) is 11.0 Å². The van der Waals surface area contributed by atoms with E-state index in [1.807, 2.05) is 54.6 Å². The van der Waals surface area contributed by atoms with Crippen molar-refractivity contribution >= 4 is 43.9 Å². The van der Waals surface area contributed by atoms with Gasteiger partial charge in [0.1, 0.15) is 11.1 Å². The van der Waals surface area contributed by atoms with Crippen LogP contribution < -0.4 is 0 Å². The molecule has 0 aliphatic heterocycles. The van der Waals surface area contributed by atoms with E-state index in [1.165, 1.54) is 33.0 Å². The van der Waals surface area contributed by atoms with Crippen molar-refractivity contribution in [3.63, 3.8) is 0 Å². The lowest BCUT2D eigenvalue weighted by atomic mass is 9.99. The zero-order valence-electron chi connectivity index (χ0n) is 30.0. The highest BCUT2D eigenvalue weighted by molar-refractivity contribution is 6.10. The Morgan fingerprint density at radius 3 is 1.64 bits per heavy atom. The summed E-state index contributed by atoms with van der Waals surface area (Å²) in [7, 11) is 0. The van der Waals surface area contributed by atoms with Crippen LogP contribution in [-0.2, 0) is 0 Å². The number of hydrogen-bond acceptors (Lipinski definition) is 5. The normalized spacial score (nSPS) is 11.6. The number of hydrogen-bond donors (Lipinski definition) is 0. The van der Waals surface area contributed by atoms with Gasteiger partial charge in [-0.2, -0.15) is 0 Å². The molecule has 0 aliphatic carbocycles. The molecule has 7 aromatic carbocycles. The van der Waals surface area contributed by atoms with Crippen LogP contribution in [0.2, 0.25) is 0 Å². The van der Waals surface area contributed by atoms with Crippen molar-refractivity contribution < 1.29 is 4.42 Å². The van der Waals surface area contributed by atoms with Crippen LogP contribution in [0.25, 0.3) is 106 Å². The van der Waals surface area contributed by atoms with Crippen LogP contribution in [0.15, 0.2) is 193 Å². The molecule has 4 heterocycles. The lowest BCUT2D eigenvalue weighted by molar-refractivity contribution is 0.668. The molecule has 11 rings (SSSR count). The third-order valence-corrected chi connectivity index (χ3v) is 10.5. The van der Waals surface area contributed by atoms with Crippen LogP contribution in [0.5, 0.6) is 0 Å². The van der Waals surface area contributed by atoms with Gasteiger partial charge in [0.2, 0.25) is 0 Å². The molecule has 11 aromatic rings. The molecule has 4 aromatic heterocycles. The summed E-state index contributed by atoms with van der Waals surface area (Å²) in [5.41, 5.74) is 13.2. The minimum atomic E-state index is 0.581. The lowest BCUT2D eigenvalue weighted by Crippen LogP contribution is -2.00. The van der Waals surface area contributed by atoms with Gasteiger partial charge in [0.25, 0.3) is 0 Å². The maximum Gasteiger partial charge on any atom is 0.164 e. The molecule has 0 spiro atoms. The Bertz CT molecular complexity index is 3220. The van der Waals surface area contributed by atoms with E-state index in [0.717, 1.165) is 55.5 Å². The van der Waals surface area contributed by atoms with Crippen molar-refractivity contribution in [3.05, 3.63) is 188 Å². The van der Waals surface area contributed by atoms with Crippen molar-refractivity contribution in [2.75, 3.05) is 0 Å². The highest BCUT2D eigenvalue weighted by atomic mass is 16.3. The minimum absolute atomic E-state index is 0.581. The Morgan fingerprint density at radius 2 is 0.893 bits per heavy atom. The molecule has 0 aliphatic rings. The van der Waals surface area contributed by atoms with E-state index in [0.29, 0.717) is 17.5 Å². The van der Waals surface area contributed by atoms with E-state index >= 15 is 0 Å². The Kier molecular flexibility index (Phi) is 7.38. The molecule has 0 amide bonds. The van der Waals surface area contributed by atoms with Crippen LogP contribution in [0.4, 0.5) is 0 Å². The Hall–Kier alpha value is -7.70. The summed E-state index contributed by atoms with van der Waals surface area (Å²) in [6.07, 6.45) is 1.78. The number of pyridine rings is 1. The second-order valence-electron chi connectivity index (χ2n) is 13.9. The molecule has 0 radical (unpaired) electrons. The topological polar surface area (TPSA) is 69.6 Å². The molecule has 0 saturated heterocycles. The maximum atomic E-state index is 6.05. The number of rotatable bonds is 6. The smallest absolute Gasteiger partial charge is 0.164 e. The first-order valence-corrected chi connectivity index (χ1v) is 18.6. The van der Waals surface area contributed by atoms with Gasteiger partial charge in [-0.3, -0.25) is 4.98 Å². The molecule has 262 valence electrons. The van der Waals surface area contributed by atoms with E-state index in [2.05, 4.69) is 137 Å². The fourth-order valence-electron chi connectivity index (χ4n) is 7.76. The van der Waals surface area contributed by atoms with Gasteiger partial charge < -0.3 is 8.98 Å². The lowest BCUT2D eigenvalue weighted by Gasteiger charge is -2.11. The van der Waals surface area contributed by atoms with Gasteiger partial charge in [-0.15, -0.1) is 0 Å². The molecule has 6 nitrogen and oxygen atoms in total. The van der Waals surface area contributed by atoms with Crippen LogP contribution in [0.3, 0.4) is 0 Å². The molecule has 56 heavy (non-hydrogen) atoms. The zero-order chi connectivity index (χ0) is 37.0. The van der Waals surface area contributed by atoms with Gasteiger partial charge in [-0.1, -0.05) is 109 Å². The fourth-order valence-corrected chi connectivity index (χ4v) is 7.76. The maximum absolute atomic E-state index is 6.05. The number of aromatic nitrogens is 5. The van der Waals surface area contributed by atoms with Crippen LogP contribution in [0, 0.1) is 0 Å². The summed E-state index contributed by atoms with van der Waals surface area (Å²) < 4.78 is 8.39. The van der Waals surface area contributed by atoms with Crippen molar-refractivity contribution in [2.24, 2.45) is 0 Å². The third-order valence-electron chi connectivity index (χ3n) is 10.5. The van der Waals surface area contributed by atoms with E-state index < -0.39 is 0 Å². The van der Waals surface area contributed by atoms with Crippen molar-refractivity contribution in [3.8, 4) is 62.1 Å². The van der Waals surface area contributed by atoms with Gasteiger partial charge in [-0.05, 0) is 95.1 Å². The quantitative estimate of drug-likeness (QED) is 0.171. The molecule has 0 atom stereocenters. The monoisotopic (exact) mass is 717 g/mol. The van der Waals surface area contributed by atoms with E-state index in [-0.39, 0.29) is 0 Å². The molecule has 0 bridgehead atoms. The standard InChI is InChI=1S/C50H31N5O/c1-3-10-32(11-4-1)33-17-19-34(20-18-33)37-23-27-44-41(30-37)40-14-7-8-15-43(40)55(44)39-25-21-36(22-26-39)49-52-48(35-12-5-2-6-13-35)53-50(54-49)38-24-28-45-42(31-38)47-46(56-45)16-9-29-51-47/h1-31H. The molecular formula is C50H31N5O. The number of benzene rings is 7. The molecule has 0 unspecified atom stereocenters.